The minimum absolute atomic E-state index is 0. The van der Waals surface area contributed by atoms with Crippen LogP contribution in [0.3, 0.4) is 0 Å². The Morgan fingerprint density at radius 1 is 1.23 bits per heavy atom. The first kappa shape index (κ1) is 29.2. The number of amides is 1. The molecule has 0 saturated heterocycles. The molecule has 0 saturated carbocycles. The standard InChI is InChI=1S/C27H21F4N5O2.ClH/c1-3-11-36-25(38)21-15-35(24(37)20-9-4-17(14-32)13-22(20)28)12-10-23(21)34-26(36)33-16(2)18-5-7-19(8-6-18)27(29,30)31;/h1,4-9,13,16H,10-12,15H2,2H3,(H,33,34);1H. The highest BCUT2D eigenvalue weighted by atomic mass is 35.5. The minimum Gasteiger partial charge on any atom is -0.349 e. The Morgan fingerprint density at radius 3 is 2.51 bits per heavy atom. The summed E-state index contributed by atoms with van der Waals surface area (Å²) in [4.78, 5) is 32.2. The van der Waals surface area contributed by atoms with Crippen molar-refractivity contribution < 1.29 is 22.4 Å². The number of nitrogens with one attached hydrogen (secondary N) is 1. The number of nitrogens with zero attached hydrogens (tertiary/aromatic N) is 4. The predicted octanol–water partition coefficient (Wildman–Crippen LogP) is 4.70. The second-order valence-electron chi connectivity index (χ2n) is 8.73. The first-order valence-corrected chi connectivity index (χ1v) is 11.5. The van der Waals surface area contributed by atoms with Gasteiger partial charge in [-0.1, -0.05) is 18.1 Å². The van der Waals surface area contributed by atoms with Crippen LogP contribution in [0, 0.1) is 29.5 Å². The van der Waals surface area contributed by atoms with E-state index in [0.717, 1.165) is 18.2 Å². The Labute approximate surface area is 227 Å². The van der Waals surface area contributed by atoms with Crippen LogP contribution in [0.5, 0.6) is 0 Å². The summed E-state index contributed by atoms with van der Waals surface area (Å²) in [6.07, 6.45) is 1.23. The van der Waals surface area contributed by atoms with E-state index in [2.05, 4.69) is 16.2 Å². The Hall–Kier alpha value is -4.35. The van der Waals surface area contributed by atoms with Crippen molar-refractivity contribution in [2.24, 2.45) is 0 Å². The van der Waals surface area contributed by atoms with Gasteiger partial charge in [-0.05, 0) is 42.8 Å². The molecular formula is C27H22ClF4N5O2. The van der Waals surface area contributed by atoms with Crippen LogP contribution in [-0.4, -0.2) is 26.9 Å². The number of halogens is 5. The van der Waals surface area contributed by atoms with E-state index in [1.165, 1.54) is 33.7 Å². The van der Waals surface area contributed by atoms with Crippen molar-refractivity contribution in [3.63, 3.8) is 0 Å². The lowest BCUT2D eigenvalue weighted by Crippen LogP contribution is -2.42. The summed E-state index contributed by atoms with van der Waals surface area (Å²) in [6.45, 7) is 1.63. The number of terminal acetylenes is 1. The topological polar surface area (TPSA) is 91.0 Å². The second kappa shape index (κ2) is 11.6. The molecule has 0 bridgehead atoms. The van der Waals surface area contributed by atoms with Gasteiger partial charge in [0.15, 0.2) is 0 Å². The third-order valence-electron chi connectivity index (χ3n) is 6.26. The van der Waals surface area contributed by atoms with Crippen LogP contribution in [0.4, 0.5) is 23.5 Å². The number of rotatable bonds is 5. The maximum Gasteiger partial charge on any atom is 0.416 e. The zero-order valence-corrected chi connectivity index (χ0v) is 21.4. The van der Waals surface area contributed by atoms with Gasteiger partial charge in [0.2, 0.25) is 5.95 Å². The fraction of sp³-hybridized carbons (Fsp3) is 0.259. The van der Waals surface area contributed by atoms with E-state index in [1.54, 1.807) is 13.0 Å². The molecule has 0 spiro atoms. The van der Waals surface area contributed by atoms with E-state index >= 15 is 0 Å². The summed E-state index contributed by atoms with van der Waals surface area (Å²) in [6, 6.07) is 9.48. The van der Waals surface area contributed by atoms with Crippen LogP contribution in [0.15, 0.2) is 47.3 Å². The van der Waals surface area contributed by atoms with E-state index in [0.29, 0.717) is 11.3 Å². The predicted molar refractivity (Wildman–Crippen MR) is 138 cm³/mol. The summed E-state index contributed by atoms with van der Waals surface area (Å²) < 4.78 is 54.3. The molecule has 2 aromatic carbocycles. The number of carbonyl (C=O) groups is 1. The molecule has 12 heteroatoms. The van der Waals surface area contributed by atoms with Gasteiger partial charge in [-0.15, -0.1) is 18.8 Å². The Morgan fingerprint density at radius 2 is 1.92 bits per heavy atom. The molecule has 1 atom stereocenters. The molecule has 1 aliphatic heterocycles. The van der Waals surface area contributed by atoms with Crippen molar-refractivity contribution in [3.05, 3.63) is 92.1 Å². The Bertz CT molecular complexity index is 1540. The molecule has 3 aromatic rings. The Kier molecular flexibility index (Phi) is 8.68. The third kappa shape index (κ3) is 6.05. The zero-order valence-electron chi connectivity index (χ0n) is 20.6. The summed E-state index contributed by atoms with van der Waals surface area (Å²) in [5.41, 5.74) is -0.171. The fourth-order valence-corrected chi connectivity index (χ4v) is 4.20. The van der Waals surface area contributed by atoms with E-state index in [9.17, 15) is 27.2 Å². The number of hydrogen-bond donors (Lipinski definition) is 1. The van der Waals surface area contributed by atoms with Gasteiger partial charge in [-0.2, -0.15) is 18.4 Å². The molecule has 202 valence electrons. The fourth-order valence-electron chi connectivity index (χ4n) is 4.20. The van der Waals surface area contributed by atoms with Gasteiger partial charge in [0.1, 0.15) is 5.82 Å². The highest BCUT2D eigenvalue weighted by Crippen LogP contribution is 2.30. The molecule has 1 unspecified atom stereocenters. The lowest BCUT2D eigenvalue weighted by atomic mass is 10.0. The molecule has 2 heterocycles. The van der Waals surface area contributed by atoms with Gasteiger partial charge in [0, 0.05) is 13.0 Å². The van der Waals surface area contributed by atoms with Crippen molar-refractivity contribution in [3.8, 4) is 18.4 Å². The molecule has 0 fully saturated rings. The van der Waals surface area contributed by atoms with Gasteiger partial charge < -0.3 is 10.2 Å². The van der Waals surface area contributed by atoms with Crippen LogP contribution in [0.1, 0.15) is 51.3 Å². The summed E-state index contributed by atoms with van der Waals surface area (Å²) in [7, 11) is 0. The maximum atomic E-state index is 14.4. The lowest BCUT2D eigenvalue weighted by molar-refractivity contribution is -0.137. The first-order valence-electron chi connectivity index (χ1n) is 11.5. The molecule has 7 nitrogen and oxygen atoms in total. The quantitative estimate of drug-likeness (QED) is 0.361. The van der Waals surface area contributed by atoms with Gasteiger partial charge in [-0.25, -0.2) is 9.37 Å². The van der Waals surface area contributed by atoms with E-state index < -0.39 is 35.1 Å². The van der Waals surface area contributed by atoms with Crippen molar-refractivity contribution in [2.75, 3.05) is 11.9 Å². The van der Waals surface area contributed by atoms with Gasteiger partial charge in [0.25, 0.3) is 11.5 Å². The summed E-state index contributed by atoms with van der Waals surface area (Å²) in [5.74, 6) is 1.08. The highest BCUT2D eigenvalue weighted by molar-refractivity contribution is 5.94. The molecule has 0 radical (unpaired) electrons. The number of hydrogen-bond acceptors (Lipinski definition) is 5. The van der Waals surface area contributed by atoms with Crippen LogP contribution >= 0.6 is 12.4 Å². The SMILES string of the molecule is C#CCn1c(NC(C)c2ccc(C(F)(F)F)cc2)nc2c(c1=O)CN(C(=O)c1ccc(C#N)cc1F)CC2.Cl. The van der Waals surface area contributed by atoms with Crippen molar-refractivity contribution in [1.29, 1.82) is 5.26 Å². The summed E-state index contributed by atoms with van der Waals surface area (Å²) >= 11 is 0. The first-order chi connectivity index (χ1) is 18.0. The maximum absolute atomic E-state index is 14.4. The minimum atomic E-state index is -4.45. The lowest BCUT2D eigenvalue weighted by Gasteiger charge is -2.29. The molecule has 4 rings (SSSR count). The third-order valence-corrected chi connectivity index (χ3v) is 6.26. The van der Waals surface area contributed by atoms with Crippen LogP contribution in [0.25, 0.3) is 0 Å². The van der Waals surface area contributed by atoms with E-state index in [-0.39, 0.29) is 61.1 Å². The van der Waals surface area contributed by atoms with Crippen molar-refractivity contribution >= 4 is 24.3 Å². The average molecular weight is 560 g/mol. The molecule has 1 aromatic heterocycles. The van der Waals surface area contributed by atoms with Gasteiger partial charge in [0.05, 0.1) is 53.1 Å². The molecule has 1 aliphatic rings. The Balaban J connectivity index is 0.00000420. The number of benzene rings is 2. The van der Waals surface area contributed by atoms with E-state index in [1.807, 2.05) is 0 Å². The van der Waals surface area contributed by atoms with Gasteiger partial charge in [-0.3, -0.25) is 14.2 Å². The van der Waals surface area contributed by atoms with Crippen LogP contribution in [-0.2, 0) is 25.7 Å². The van der Waals surface area contributed by atoms with Gasteiger partial charge >= 0.3 is 6.18 Å². The van der Waals surface area contributed by atoms with E-state index in [4.69, 9.17) is 11.7 Å². The largest absolute Gasteiger partial charge is 0.416 e. The normalized spacial score (nSPS) is 13.4. The average Bonchev–Trinajstić information content (AvgIpc) is 2.89. The molecule has 1 N–H and O–H groups in total. The summed E-state index contributed by atoms with van der Waals surface area (Å²) in [5, 5.41) is 12.0. The number of aromatic nitrogens is 2. The number of alkyl halides is 3. The van der Waals surface area contributed by atoms with Crippen LogP contribution < -0.4 is 10.9 Å². The van der Waals surface area contributed by atoms with Crippen LogP contribution in [0.2, 0.25) is 0 Å². The second-order valence-corrected chi connectivity index (χ2v) is 8.73. The smallest absolute Gasteiger partial charge is 0.349 e. The number of nitriles is 1. The molecular weight excluding hydrogens is 538 g/mol. The number of anilines is 1. The monoisotopic (exact) mass is 559 g/mol. The molecule has 0 aliphatic carbocycles. The molecule has 39 heavy (non-hydrogen) atoms. The zero-order chi connectivity index (χ0) is 27.6. The highest BCUT2D eigenvalue weighted by Gasteiger charge is 2.31. The van der Waals surface area contributed by atoms with Crippen molar-refractivity contribution in [2.45, 2.75) is 38.7 Å². The number of fused-ring (bicyclic) bond motifs is 1. The van der Waals surface area contributed by atoms with Crippen molar-refractivity contribution in [1.82, 2.24) is 14.5 Å². The number of carbonyl (C=O) groups excluding carboxylic acids is 1. The molecule has 1 amide bonds.